The van der Waals surface area contributed by atoms with E-state index in [9.17, 15) is 10.2 Å². The number of aliphatic hydroxyl groups is 2. The summed E-state index contributed by atoms with van der Waals surface area (Å²) >= 11 is 0. The van der Waals surface area contributed by atoms with Gasteiger partial charge in [0.2, 0.25) is 0 Å². The summed E-state index contributed by atoms with van der Waals surface area (Å²) < 4.78 is 6.48. The van der Waals surface area contributed by atoms with Gasteiger partial charge in [-0.2, -0.15) is 0 Å². The molecule has 3 heteroatoms. The monoisotopic (exact) mass is 432 g/mol. The van der Waals surface area contributed by atoms with Gasteiger partial charge in [-0.05, 0) is 11.1 Å². The summed E-state index contributed by atoms with van der Waals surface area (Å²) in [7, 11) is 0. The maximum atomic E-state index is 11.6. The molecule has 0 aliphatic rings. The van der Waals surface area contributed by atoms with Crippen molar-refractivity contribution in [3.8, 4) is 22.6 Å². The Bertz CT molecular complexity index is 1210. The lowest BCUT2D eigenvalue weighted by molar-refractivity contribution is 0.198. The van der Waals surface area contributed by atoms with Crippen molar-refractivity contribution in [2.45, 2.75) is 12.2 Å². The second-order valence-electron chi connectivity index (χ2n) is 7.95. The molecular weight excluding hydrogens is 408 g/mol. The number of hydrogen-bond acceptors (Lipinski definition) is 3. The second kappa shape index (κ2) is 9.29. The molecule has 0 bridgehead atoms. The maximum Gasteiger partial charge on any atom is 0.141 e. The highest BCUT2D eigenvalue weighted by atomic mass is 16.3. The van der Waals surface area contributed by atoms with Gasteiger partial charge in [0, 0.05) is 22.3 Å². The molecule has 0 unspecified atom stereocenters. The Kier molecular flexibility index (Phi) is 5.90. The molecule has 4 aromatic carbocycles. The summed E-state index contributed by atoms with van der Waals surface area (Å²) in [6.45, 7) is 0. The van der Waals surface area contributed by atoms with Crippen molar-refractivity contribution in [2.24, 2.45) is 0 Å². The van der Waals surface area contributed by atoms with Gasteiger partial charge in [-0.3, -0.25) is 0 Å². The molecule has 2 N–H and O–H groups in total. The number of furan rings is 1. The average molecular weight is 433 g/mol. The van der Waals surface area contributed by atoms with E-state index in [0.717, 1.165) is 22.3 Å². The molecule has 2 atom stereocenters. The van der Waals surface area contributed by atoms with Crippen LogP contribution in [0, 0.1) is 0 Å². The van der Waals surface area contributed by atoms with Crippen LogP contribution in [0.3, 0.4) is 0 Å². The van der Waals surface area contributed by atoms with Crippen molar-refractivity contribution in [1.29, 1.82) is 0 Å². The van der Waals surface area contributed by atoms with Crippen LogP contribution < -0.4 is 0 Å². The van der Waals surface area contributed by atoms with Crippen molar-refractivity contribution < 1.29 is 14.6 Å². The smallest absolute Gasteiger partial charge is 0.141 e. The van der Waals surface area contributed by atoms with Crippen LogP contribution in [0.2, 0.25) is 0 Å². The number of benzene rings is 4. The standard InChI is InChI=1S/C30H24O3/c31-27(21-13-5-1-6-14-21)25-26(28(32)22-15-7-2-8-16-22)30(24-19-11-4-12-20-24)33-29(25)23-17-9-3-10-18-23/h1-20,27-28,31-32H/t27-,28-/m0/s1. The van der Waals surface area contributed by atoms with Crippen LogP contribution in [0.15, 0.2) is 126 Å². The van der Waals surface area contributed by atoms with Gasteiger partial charge < -0.3 is 14.6 Å². The Morgan fingerprint density at radius 3 is 1.06 bits per heavy atom. The zero-order valence-electron chi connectivity index (χ0n) is 18.0. The molecule has 0 aliphatic carbocycles. The quantitative estimate of drug-likeness (QED) is 0.311. The van der Waals surface area contributed by atoms with Crippen molar-refractivity contribution in [2.75, 3.05) is 0 Å². The fourth-order valence-corrected chi connectivity index (χ4v) is 4.21. The molecule has 0 saturated carbocycles. The van der Waals surface area contributed by atoms with Gasteiger partial charge in [0.1, 0.15) is 23.7 Å². The van der Waals surface area contributed by atoms with Gasteiger partial charge in [-0.1, -0.05) is 121 Å². The van der Waals surface area contributed by atoms with E-state index in [-0.39, 0.29) is 0 Å². The van der Waals surface area contributed by atoms with Crippen LogP contribution in [0.4, 0.5) is 0 Å². The molecule has 0 spiro atoms. The van der Waals surface area contributed by atoms with E-state index in [4.69, 9.17) is 4.42 Å². The first-order chi connectivity index (χ1) is 16.2. The molecule has 3 nitrogen and oxygen atoms in total. The summed E-state index contributed by atoms with van der Waals surface area (Å²) in [5.41, 5.74) is 4.29. The topological polar surface area (TPSA) is 53.6 Å². The predicted octanol–water partition coefficient (Wildman–Crippen LogP) is 6.78. The van der Waals surface area contributed by atoms with Gasteiger partial charge in [0.15, 0.2) is 0 Å². The van der Waals surface area contributed by atoms with Gasteiger partial charge in [0.25, 0.3) is 0 Å². The Morgan fingerprint density at radius 2 is 0.727 bits per heavy atom. The van der Waals surface area contributed by atoms with Crippen molar-refractivity contribution in [1.82, 2.24) is 0 Å². The summed E-state index contributed by atoms with van der Waals surface area (Å²) in [5.74, 6) is 1.10. The molecule has 0 aliphatic heterocycles. The Labute approximate surface area is 193 Å². The maximum absolute atomic E-state index is 11.6. The van der Waals surface area contributed by atoms with Crippen LogP contribution in [0.5, 0.6) is 0 Å². The highest BCUT2D eigenvalue weighted by Gasteiger charge is 2.32. The molecule has 5 aromatic rings. The number of hydrogen-bond donors (Lipinski definition) is 2. The van der Waals surface area contributed by atoms with Crippen molar-refractivity contribution in [3.63, 3.8) is 0 Å². The first-order valence-electron chi connectivity index (χ1n) is 11.0. The zero-order chi connectivity index (χ0) is 22.6. The summed E-state index contributed by atoms with van der Waals surface area (Å²) in [5, 5.41) is 23.2. The molecule has 0 amide bonds. The van der Waals surface area contributed by atoms with E-state index in [1.807, 2.05) is 121 Å². The van der Waals surface area contributed by atoms with Crippen molar-refractivity contribution >= 4 is 0 Å². The fourth-order valence-electron chi connectivity index (χ4n) is 4.21. The Hall–Kier alpha value is -3.92. The van der Waals surface area contributed by atoms with Crippen LogP contribution in [0.25, 0.3) is 22.6 Å². The molecule has 0 fully saturated rings. The third-order valence-electron chi connectivity index (χ3n) is 5.83. The molecular formula is C30H24O3. The largest absolute Gasteiger partial charge is 0.455 e. The lowest BCUT2D eigenvalue weighted by atomic mass is 9.89. The van der Waals surface area contributed by atoms with E-state index in [1.54, 1.807) is 0 Å². The molecule has 5 rings (SSSR count). The van der Waals surface area contributed by atoms with E-state index >= 15 is 0 Å². The van der Waals surface area contributed by atoms with Crippen molar-refractivity contribution in [3.05, 3.63) is 144 Å². The molecule has 0 saturated heterocycles. The lowest BCUT2D eigenvalue weighted by Crippen LogP contribution is -2.08. The van der Waals surface area contributed by atoms with E-state index in [2.05, 4.69) is 0 Å². The van der Waals surface area contributed by atoms with Gasteiger partial charge in [-0.15, -0.1) is 0 Å². The third kappa shape index (κ3) is 4.12. The number of rotatable bonds is 6. The minimum absolute atomic E-state index is 0.552. The molecule has 33 heavy (non-hydrogen) atoms. The third-order valence-corrected chi connectivity index (χ3v) is 5.83. The predicted molar refractivity (Wildman–Crippen MR) is 131 cm³/mol. The second-order valence-corrected chi connectivity index (χ2v) is 7.95. The fraction of sp³-hybridized carbons (Fsp3) is 0.0667. The Balaban J connectivity index is 1.81. The Morgan fingerprint density at radius 1 is 0.424 bits per heavy atom. The minimum Gasteiger partial charge on any atom is -0.455 e. The SMILES string of the molecule is O[C@@H](c1ccccc1)c1c(-c2ccccc2)oc(-c2ccccc2)c1[C@@H](O)c1ccccc1. The van der Waals surface area contributed by atoms with Crippen LogP contribution in [0.1, 0.15) is 34.5 Å². The normalized spacial score (nSPS) is 12.9. The summed E-state index contributed by atoms with van der Waals surface area (Å²) in [6, 6.07) is 38.4. The molecule has 1 aromatic heterocycles. The summed E-state index contributed by atoms with van der Waals surface area (Å²) in [4.78, 5) is 0. The van der Waals surface area contributed by atoms with Gasteiger partial charge in [0.05, 0.1) is 0 Å². The molecule has 162 valence electrons. The van der Waals surface area contributed by atoms with Crippen LogP contribution >= 0.6 is 0 Å². The highest BCUT2D eigenvalue weighted by molar-refractivity contribution is 5.75. The lowest BCUT2D eigenvalue weighted by Gasteiger charge is -2.18. The van der Waals surface area contributed by atoms with E-state index in [0.29, 0.717) is 22.6 Å². The van der Waals surface area contributed by atoms with Gasteiger partial charge >= 0.3 is 0 Å². The first-order valence-corrected chi connectivity index (χ1v) is 11.0. The molecule has 1 heterocycles. The van der Waals surface area contributed by atoms with Gasteiger partial charge in [-0.25, -0.2) is 0 Å². The zero-order valence-corrected chi connectivity index (χ0v) is 18.0. The molecule has 0 radical (unpaired) electrons. The first kappa shape index (κ1) is 21.0. The summed E-state index contributed by atoms with van der Waals surface area (Å²) in [6.07, 6.45) is -1.95. The van der Waals surface area contributed by atoms with E-state index < -0.39 is 12.2 Å². The van der Waals surface area contributed by atoms with E-state index in [1.165, 1.54) is 0 Å². The van der Waals surface area contributed by atoms with Crippen LogP contribution in [-0.2, 0) is 0 Å². The minimum atomic E-state index is -0.976. The average Bonchev–Trinajstić information content (AvgIpc) is 3.30. The van der Waals surface area contributed by atoms with Crippen LogP contribution in [-0.4, -0.2) is 10.2 Å². The highest BCUT2D eigenvalue weighted by Crippen LogP contribution is 2.46. The number of aliphatic hydroxyl groups excluding tert-OH is 2.